The van der Waals surface area contributed by atoms with Gasteiger partial charge < -0.3 is 20.3 Å². The number of aliphatic imine (C=N–C) groups is 1. The molecule has 0 aliphatic carbocycles. The summed E-state index contributed by atoms with van der Waals surface area (Å²) in [7, 11) is 1.70. The molecule has 1 unspecified atom stereocenters. The lowest BCUT2D eigenvalue weighted by Gasteiger charge is -2.18. The van der Waals surface area contributed by atoms with Crippen LogP contribution in [-0.2, 0) is 11.2 Å². The molecule has 1 aliphatic rings. The summed E-state index contributed by atoms with van der Waals surface area (Å²) in [5.41, 5.74) is 2.36. The number of nitrogens with one attached hydrogen (secondary N) is 2. The maximum atomic E-state index is 11.8. The van der Waals surface area contributed by atoms with Crippen LogP contribution in [0.4, 0.5) is 0 Å². The number of ether oxygens (including phenoxy) is 1. The number of amides is 1. The summed E-state index contributed by atoms with van der Waals surface area (Å²) >= 11 is 0. The zero-order valence-electron chi connectivity index (χ0n) is 16.9. The first-order valence-corrected chi connectivity index (χ1v) is 9.53. The largest absolute Gasteiger partial charge is 0.496 e. The van der Waals surface area contributed by atoms with Crippen LogP contribution in [0.15, 0.2) is 23.2 Å². The molecule has 1 aromatic rings. The first-order valence-electron chi connectivity index (χ1n) is 9.53. The molecule has 1 amide bonds. The van der Waals surface area contributed by atoms with Crippen LogP contribution in [0.5, 0.6) is 5.75 Å². The normalized spacial score (nSPS) is 16.7. The van der Waals surface area contributed by atoms with Gasteiger partial charge in [0.15, 0.2) is 5.96 Å². The third-order valence-electron chi connectivity index (χ3n) is 4.67. The molecule has 27 heavy (non-hydrogen) atoms. The fourth-order valence-electron chi connectivity index (χ4n) is 3.16. The van der Waals surface area contributed by atoms with Crippen LogP contribution in [0.3, 0.4) is 0 Å². The predicted molar refractivity (Wildman–Crippen MR) is 121 cm³/mol. The van der Waals surface area contributed by atoms with Crippen LogP contribution in [0, 0.1) is 6.92 Å². The molecule has 1 heterocycles. The van der Waals surface area contributed by atoms with Crippen molar-refractivity contribution in [3.05, 3.63) is 29.3 Å². The highest BCUT2D eigenvalue weighted by molar-refractivity contribution is 14.0. The zero-order valence-corrected chi connectivity index (χ0v) is 19.2. The highest BCUT2D eigenvalue weighted by Crippen LogP contribution is 2.19. The molecule has 1 aliphatic heterocycles. The van der Waals surface area contributed by atoms with Crippen molar-refractivity contribution < 1.29 is 9.53 Å². The smallest absolute Gasteiger partial charge is 0.222 e. The van der Waals surface area contributed by atoms with E-state index in [1.807, 2.05) is 18.7 Å². The van der Waals surface area contributed by atoms with E-state index < -0.39 is 0 Å². The van der Waals surface area contributed by atoms with E-state index in [1.165, 1.54) is 5.56 Å². The zero-order chi connectivity index (χ0) is 18.9. The van der Waals surface area contributed by atoms with Crippen molar-refractivity contribution in [2.24, 2.45) is 4.99 Å². The Morgan fingerprint density at radius 1 is 1.37 bits per heavy atom. The highest BCUT2D eigenvalue weighted by atomic mass is 127. The van der Waals surface area contributed by atoms with Crippen LogP contribution in [-0.4, -0.2) is 56.1 Å². The van der Waals surface area contributed by atoms with E-state index in [0.29, 0.717) is 13.0 Å². The van der Waals surface area contributed by atoms with E-state index in [0.717, 1.165) is 49.7 Å². The van der Waals surface area contributed by atoms with Gasteiger partial charge in [-0.3, -0.25) is 9.79 Å². The molecule has 6 nitrogen and oxygen atoms in total. The lowest BCUT2D eigenvalue weighted by atomic mass is 10.1. The van der Waals surface area contributed by atoms with Crippen molar-refractivity contribution in [2.45, 2.75) is 46.1 Å². The molecule has 1 fully saturated rings. The van der Waals surface area contributed by atoms with Crippen molar-refractivity contribution in [3.63, 3.8) is 0 Å². The molecule has 1 atom stereocenters. The van der Waals surface area contributed by atoms with E-state index in [1.54, 1.807) is 7.11 Å². The summed E-state index contributed by atoms with van der Waals surface area (Å²) in [5.74, 6) is 1.97. The molecule has 7 heteroatoms. The number of aryl methyl sites for hydroxylation is 1. The summed E-state index contributed by atoms with van der Waals surface area (Å²) in [6, 6.07) is 6.55. The van der Waals surface area contributed by atoms with Gasteiger partial charge >= 0.3 is 0 Å². The topological polar surface area (TPSA) is 66.0 Å². The molecule has 0 radical (unpaired) electrons. The quantitative estimate of drug-likeness (QED) is 0.352. The lowest BCUT2D eigenvalue weighted by Crippen LogP contribution is -2.45. The number of methoxy groups -OCH3 is 1. The summed E-state index contributed by atoms with van der Waals surface area (Å²) in [4.78, 5) is 18.4. The number of hydrogen-bond donors (Lipinski definition) is 2. The second-order valence-electron chi connectivity index (χ2n) is 6.64. The van der Waals surface area contributed by atoms with Crippen molar-refractivity contribution >= 4 is 35.8 Å². The molecule has 1 saturated heterocycles. The van der Waals surface area contributed by atoms with Crippen molar-refractivity contribution in [1.82, 2.24) is 15.5 Å². The third-order valence-corrected chi connectivity index (χ3v) is 4.67. The summed E-state index contributed by atoms with van der Waals surface area (Å²) in [6.45, 7) is 9.11. The minimum atomic E-state index is 0. The monoisotopic (exact) mass is 488 g/mol. The molecule has 1 aromatic carbocycles. The fraction of sp³-hybridized carbons (Fsp3) is 0.600. The Hall–Kier alpha value is -1.51. The summed E-state index contributed by atoms with van der Waals surface area (Å²) < 4.78 is 5.39. The van der Waals surface area contributed by atoms with Crippen LogP contribution in [0.25, 0.3) is 0 Å². The molecular weight excluding hydrogens is 455 g/mol. The Balaban J connectivity index is 0.00000364. The Morgan fingerprint density at radius 3 is 2.81 bits per heavy atom. The van der Waals surface area contributed by atoms with Gasteiger partial charge in [-0.1, -0.05) is 19.1 Å². The lowest BCUT2D eigenvalue weighted by molar-refractivity contribution is -0.129. The van der Waals surface area contributed by atoms with E-state index in [4.69, 9.17) is 9.73 Å². The molecule has 2 N–H and O–H groups in total. The number of likely N-dealkylation sites (tertiary alicyclic amines) is 1. The van der Waals surface area contributed by atoms with E-state index in [2.05, 4.69) is 35.8 Å². The molecule has 152 valence electrons. The van der Waals surface area contributed by atoms with Gasteiger partial charge in [-0.05, 0) is 43.9 Å². The third kappa shape index (κ3) is 7.20. The average molecular weight is 488 g/mol. The number of rotatable bonds is 7. The van der Waals surface area contributed by atoms with Crippen LogP contribution in [0.1, 0.15) is 37.8 Å². The van der Waals surface area contributed by atoms with Gasteiger partial charge in [0.25, 0.3) is 0 Å². The molecule has 2 rings (SSSR count). The molecular formula is C20H33IN4O2. The molecule has 0 aromatic heterocycles. The van der Waals surface area contributed by atoms with Gasteiger partial charge in [0.05, 0.1) is 7.11 Å². The minimum absolute atomic E-state index is 0. The summed E-state index contributed by atoms with van der Waals surface area (Å²) in [5, 5.41) is 6.76. The summed E-state index contributed by atoms with van der Waals surface area (Å²) in [6.07, 6.45) is 2.39. The Kier molecular flexibility index (Phi) is 10.5. The number of benzene rings is 1. The average Bonchev–Trinajstić information content (AvgIpc) is 3.11. The van der Waals surface area contributed by atoms with E-state index in [-0.39, 0.29) is 35.9 Å². The number of halogens is 1. The minimum Gasteiger partial charge on any atom is -0.496 e. The molecule has 0 bridgehead atoms. The Labute approximate surface area is 180 Å². The second-order valence-corrected chi connectivity index (χ2v) is 6.64. The standard InChI is InChI=1S/C20H32N4O2.HI/c1-5-19(25)24-12-10-17(14-24)23-20(21-6-2)22-11-9-16-8-7-15(3)18(13-16)26-4;/h7-8,13,17H,5-6,9-12,14H2,1-4H3,(H2,21,22,23);1H. The van der Waals surface area contributed by atoms with E-state index in [9.17, 15) is 4.79 Å². The van der Waals surface area contributed by atoms with E-state index >= 15 is 0 Å². The Morgan fingerprint density at radius 2 is 2.15 bits per heavy atom. The number of guanidine groups is 1. The number of hydrogen-bond acceptors (Lipinski definition) is 3. The SMILES string of the molecule is CCNC(=NCCc1ccc(C)c(OC)c1)NC1CCN(C(=O)CC)C1.I. The first-order chi connectivity index (χ1) is 12.6. The molecule has 0 spiro atoms. The van der Waals surface area contributed by atoms with Gasteiger partial charge in [0.2, 0.25) is 5.91 Å². The van der Waals surface area contributed by atoms with Crippen molar-refractivity contribution in [2.75, 3.05) is 33.3 Å². The number of carbonyl (C=O) groups excluding carboxylic acids is 1. The van der Waals surface area contributed by atoms with Gasteiger partial charge in [-0.15, -0.1) is 24.0 Å². The predicted octanol–water partition coefficient (Wildman–Crippen LogP) is 2.73. The van der Waals surface area contributed by atoms with Crippen molar-refractivity contribution in [1.29, 1.82) is 0 Å². The molecule has 0 saturated carbocycles. The second kappa shape index (κ2) is 12.0. The maximum Gasteiger partial charge on any atom is 0.222 e. The van der Waals surface area contributed by atoms with Crippen LogP contribution in [0.2, 0.25) is 0 Å². The van der Waals surface area contributed by atoms with Gasteiger partial charge in [0, 0.05) is 38.6 Å². The van der Waals surface area contributed by atoms with Gasteiger partial charge in [-0.2, -0.15) is 0 Å². The number of carbonyl (C=O) groups is 1. The van der Waals surface area contributed by atoms with Crippen molar-refractivity contribution in [3.8, 4) is 5.75 Å². The van der Waals surface area contributed by atoms with Gasteiger partial charge in [0.1, 0.15) is 5.75 Å². The Bertz CT molecular complexity index is 636. The van der Waals surface area contributed by atoms with Crippen LogP contribution >= 0.6 is 24.0 Å². The van der Waals surface area contributed by atoms with Gasteiger partial charge in [-0.25, -0.2) is 0 Å². The fourth-order valence-corrected chi connectivity index (χ4v) is 3.16. The number of nitrogens with zero attached hydrogens (tertiary/aromatic N) is 2. The van der Waals surface area contributed by atoms with Crippen LogP contribution < -0.4 is 15.4 Å². The first kappa shape index (κ1) is 23.5. The highest BCUT2D eigenvalue weighted by Gasteiger charge is 2.25. The maximum absolute atomic E-state index is 11.8.